The number of rotatable bonds is 4. The van der Waals surface area contributed by atoms with Crippen LogP contribution in [0, 0.1) is 10.1 Å². The Morgan fingerprint density at radius 3 is 2.50 bits per heavy atom. The lowest BCUT2D eigenvalue weighted by atomic mass is 10.1. The van der Waals surface area contributed by atoms with Crippen LogP contribution in [0.25, 0.3) is 0 Å². The molecule has 118 valence electrons. The van der Waals surface area contributed by atoms with Gasteiger partial charge in [0, 0.05) is 29.8 Å². The predicted molar refractivity (Wildman–Crippen MR) is 79.3 cm³/mol. The summed E-state index contributed by atoms with van der Waals surface area (Å²) in [5.74, 6) is -0.221. The standard InChI is InChI=1S/C14H16N2O5S/c17-14(10-2-1-3-12(8-10)16(18)19)15(11-4-5-11)13-6-7-22(20,21)9-13/h1-3,8,11,13H,4-7,9H2/t13-/m1/s1. The van der Waals surface area contributed by atoms with Gasteiger partial charge >= 0.3 is 0 Å². The van der Waals surface area contributed by atoms with Crippen LogP contribution in [-0.4, -0.2) is 47.7 Å². The van der Waals surface area contributed by atoms with Crippen molar-refractivity contribution in [3.63, 3.8) is 0 Å². The molecule has 0 aromatic heterocycles. The number of nitro groups is 1. The Morgan fingerprint density at radius 1 is 1.23 bits per heavy atom. The normalized spacial score (nSPS) is 23.2. The van der Waals surface area contributed by atoms with Crippen LogP contribution in [-0.2, 0) is 9.84 Å². The van der Waals surface area contributed by atoms with Crippen molar-refractivity contribution in [3.05, 3.63) is 39.9 Å². The van der Waals surface area contributed by atoms with E-state index in [2.05, 4.69) is 0 Å². The maximum absolute atomic E-state index is 12.7. The molecule has 2 fully saturated rings. The molecule has 0 unspecified atom stereocenters. The summed E-state index contributed by atoms with van der Waals surface area (Å²) in [6, 6.07) is 5.34. The van der Waals surface area contributed by atoms with Crippen LogP contribution in [0.15, 0.2) is 24.3 Å². The van der Waals surface area contributed by atoms with E-state index < -0.39 is 14.8 Å². The highest BCUT2D eigenvalue weighted by Gasteiger charge is 2.42. The zero-order valence-corrected chi connectivity index (χ0v) is 12.7. The van der Waals surface area contributed by atoms with E-state index in [0.717, 1.165) is 12.8 Å². The van der Waals surface area contributed by atoms with Gasteiger partial charge < -0.3 is 4.90 Å². The minimum Gasteiger partial charge on any atom is -0.332 e. The smallest absolute Gasteiger partial charge is 0.270 e. The monoisotopic (exact) mass is 324 g/mol. The fraction of sp³-hybridized carbons (Fsp3) is 0.500. The molecule has 2 aliphatic rings. The summed E-state index contributed by atoms with van der Waals surface area (Å²) in [6.45, 7) is 0. The van der Waals surface area contributed by atoms with E-state index in [4.69, 9.17) is 0 Å². The third-order valence-electron chi connectivity index (χ3n) is 4.08. The Kier molecular flexibility index (Phi) is 3.64. The molecule has 1 aliphatic carbocycles. The number of hydrogen-bond acceptors (Lipinski definition) is 5. The molecule has 1 aromatic rings. The average Bonchev–Trinajstić information content (AvgIpc) is 3.23. The van der Waals surface area contributed by atoms with Crippen molar-refractivity contribution in [2.24, 2.45) is 0 Å². The Morgan fingerprint density at radius 2 is 1.95 bits per heavy atom. The van der Waals surface area contributed by atoms with Gasteiger partial charge in [-0.2, -0.15) is 0 Å². The van der Waals surface area contributed by atoms with Crippen molar-refractivity contribution in [3.8, 4) is 0 Å². The molecule has 1 amide bonds. The predicted octanol–water partition coefficient (Wildman–Crippen LogP) is 1.39. The number of carbonyl (C=O) groups excluding carboxylic acids is 1. The van der Waals surface area contributed by atoms with E-state index in [1.54, 1.807) is 4.90 Å². The van der Waals surface area contributed by atoms with Gasteiger partial charge in [-0.3, -0.25) is 14.9 Å². The van der Waals surface area contributed by atoms with Crippen molar-refractivity contribution in [2.75, 3.05) is 11.5 Å². The third kappa shape index (κ3) is 2.96. The molecule has 1 atom stereocenters. The van der Waals surface area contributed by atoms with E-state index >= 15 is 0 Å². The number of hydrogen-bond donors (Lipinski definition) is 0. The van der Waals surface area contributed by atoms with Crippen LogP contribution in [0.2, 0.25) is 0 Å². The van der Waals surface area contributed by atoms with Crippen LogP contribution < -0.4 is 0 Å². The molecule has 1 saturated carbocycles. The van der Waals surface area contributed by atoms with E-state index in [0.29, 0.717) is 6.42 Å². The number of benzene rings is 1. The molecule has 22 heavy (non-hydrogen) atoms. The van der Waals surface area contributed by atoms with E-state index in [9.17, 15) is 23.3 Å². The summed E-state index contributed by atoms with van der Waals surface area (Å²) in [5, 5.41) is 10.8. The first kappa shape index (κ1) is 15.0. The zero-order chi connectivity index (χ0) is 15.9. The van der Waals surface area contributed by atoms with Crippen molar-refractivity contribution in [1.29, 1.82) is 0 Å². The molecule has 7 nitrogen and oxygen atoms in total. The van der Waals surface area contributed by atoms with Gasteiger partial charge in [0.2, 0.25) is 0 Å². The second-order valence-corrected chi connectivity index (χ2v) is 8.04. The van der Waals surface area contributed by atoms with Crippen molar-refractivity contribution in [2.45, 2.75) is 31.3 Å². The first-order valence-electron chi connectivity index (χ1n) is 7.15. The van der Waals surface area contributed by atoms with Crippen molar-refractivity contribution >= 4 is 21.4 Å². The molecule has 1 saturated heterocycles. The number of nitro benzene ring substituents is 1. The summed E-state index contributed by atoms with van der Waals surface area (Å²) in [5.41, 5.74) is 0.103. The highest BCUT2D eigenvalue weighted by molar-refractivity contribution is 7.91. The number of carbonyl (C=O) groups is 1. The minimum atomic E-state index is -3.09. The molecule has 3 rings (SSSR count). The highest BCUT2D eigenvalue weighted by Crippen LogP contribution is 2.33. The highest BCUT2D eigenvalue weighted by atomic mass is 32.2. The lowest BCUT2D eigenvalue weighted by Crippen LogP contribution is -2.42. The van der Waals surface area contributed by atoms with Gasteiger partial charge in [0.15, 0.2) is 9.84 Å². The van der Waals surface area contributed by atoms with Crippen LogP contribution in [0.4, 0.5) is 5.69 Å². The maximum atomic E-state index is 12.7. The SMILES string of the molecule is O=C(c1cccc([N+](=O)[O-])c1)N(C1CC1)[C@@H]1CCS(=O)(=O)C1. The van der Waals surface area contributed by atoms with E-state index in [-0.39, 0.29) is 40.7 Å². The summed E-state index contributed by atoms with van der Waals surface area (Å²) in [4.78, 5) is 24.6. The quantitative estimate of drug-likeness (QED) is 0.615. The zero-order valence-electron chi connectivity index (χ0n) is 11.8. The first-order valence-corrected chi connectivity index (χ1v) is 8.97. The van der Waals surface area contributed by atoms with E-state index in [1.165, 1.54) is 24.3 Å². The molecule has 0 bridgehead atoms. The van der Waals surface area contributed by atoms with Crippen LogP contribution in [0.3, 0.4) is 0 Å². The number of amides is 1. The first-order chi connectivity index (χ1) is 10.4. The fourth-order valence-corrected chi connectivity index (χ4v) is 4.59. The molecule has 1 aromatic carbocycles. The molecule has 0 spiro atoms. The van der Waals surface area contributed by atoms with Gasteiger partial charge in [-0.25, -0.2) is 8.42 Å². The van der Waals surface area contributed by atoms with Crippen LogP contribution in [0.1, 0.15) is 29.6 Å². The molecule has 1 heterocycles. The summed E-state index contributed by atoms with van der Waals surface area (Å²) in [6.07, 6.45) is 2.16. The maximum Gasteiger partial charge on any atom is 0.270 e. The number of nitrogens with zero attached hydrogens (tertiary/aromatic N) is 2. The number of sulfone groups is 1. The van der Waals surface area contributed by atoms with Gasteiger partial charge in [-0.1, -0.05) is 6.07 Å². The van der Waals surface area contributed by atoms with Crippen molar-refractivity contribution in [1.82, 2.24) is 4.90 Å². The topological polar surface area (TPSA) is 97.6 Å². The summed E-state index contributed by atoms with van der Waals surface area (Å²) < 4.78 is 23.3. The Bertz CT molecular complexity index is 727. The third-order valence-corrected chi connectivity index (χ3v) is 5.83. The van der Waals surface area contributed by atoms with Gasteiger partial charge in [0.05, 0.1) is 16.4 Å². The van der Waals surface area contributed by atoms with E-state index in [1.807, 2.05) is 0 Å². The number of non-ortho nitro benzene ring substituents is 1. The summed E-state index contributed by atoms with van der Waals surface area (Å²) in [7, 11) is -3.09. The second kappa shape index (κ2) is 5.35. The molecule has 0 radical (unpaired) electrons. The van der Waals surface area contributed by atoms with Crippen molar-refractivity contribution < 1.29 is 18.1 Å². The molecular formula is C14H16N2O5S. The lowest BCUT2D eigenvalue weighted by molar-refractivity contribution is -0.384. The van der Waals surface area contributed by atoms with Gasteiger partial charge in [0.1, 0.15) is 0 Å². The summed E-state index contributed by atoms with van der Waals surface area (Å²) >= 11 is 0. The second-order valence-electron chi connectivity index (χ2n) is 5.81. The Balaban J connectivity index is 1.87. The van der Waals surface area contributed by atoms with Crippen LogP contribution in [0.5, 0.6) is 0 Å². The van der Waals surface area contributed by atoms with Crippen LogP contribution >= 0.6 is 0 Å². The Hall–Kier alpha value is -1.96. The largest absolute Gasteiger partial charge is 0.332 e. The molecule has 1 aliphatic heterocycles. The van der Waals surface area contributed by atoms with Gasteiger partial charge in [-0.05, 0) is 25.3 Å². The van der Waals surface area contributed by atoms with Gasteiger partial charge in [-0.15, -0.1) is 0 Å². The average molecular weight is 324 g/mol. The lowest BCUT2D eigenvalue weighted by Gasteiger charge is -2.28. The van der Waals surface area contributed by atoms with Gasteiger partial charge in [0.25, 0.3) is 11.6 Å². The fourth-order valence-electron chi connectivity index (χ4n) is 2.88. The molecule has 8 heteroatoms. The molecule has 0 N–H and O–H groups in total. The molecular weight excluding hydrogens is 308 g/mol. The minimum absolute atomic E-state index is 0.00976. The Labute approximate surface area is 128 Å².